The Morgan fingerprint density at radius 1 is 0.950 bits per heavy atom. The highest BCUT2D eigenvalue weighted by atomic mass is 16.1. The summed E-state index contributed by atoms with van der Waals surface area (Å²) >= 11 is 0. The molecule has 2 aliphatic rings. The number of benzene rings is 1. The van der Waals surface area contributed by atoms with E-state index in [-0.39, 0.29) is 11.1 Å². The minimum atomic E-state index is -0.224. The third-order valence-electron chi connectivity index (χ3n) is 3.33. The minimum absolute atomic E-state index is 0.215. The number of hydrogen-bond donors (Lipinski definition) is 0. The van der Waals surface area contributed by atoms with E-state index in [9.17, 15) is 10.1 Å². The van der Waals surface area contributed by atoms with Crippen molar-refractivity contribution in [2.75, 3.05) is 0 Å². The third kappa shape index (κ3) is 1.98. The number of hydrogen-bond acceptors (Lipinski definition) is 2. The molecular weight excluding hydrogens is 248 g/mol. The first-order valence-corrected chi connectivity index (χ1v) is 6.37. The van der Waals surface area contributed by atoms with E-state index >= 15 is 0 Å². The van der Waals surface area contributed by atoms with Crippen LogP contribution < -0.4 is 5.56 Å². The van der Waals surface area contributed by atoms with Crippen molar-refractivity contribution in [3.63, 3.8) is 0 Å². The molecule has 0 fully saturated rings. The lowest BCUT2D eigenvalue weighted by molar-refractivity contribution is 0.785. The van der Waals surface area contributed by atoms with Crippen molar-refractivity contribution < 1.29 is 0 Å². The molecule has 1 aliphatic heterocycles. The quantitative estimate of drug-likeness (QED) is 0.711. The predicted octanol–water partition coefficient (Wildman–Crippen LogP) is 2.87. The Labute approximate surface area is 116 Å². The summed E-state index contributed by atoms with van der Waals surface area (Å²) in [5, 5.41) is 9.21. The molecule has 1 heterocycles. The minimum Gasteiger partial charge on any atom is -0.303 e. The molecule has 0 amide bonds. The Morgan fingerprint density at radius 3 is 2.30 bits per heavy atom. The third-order valence-corrected chi connectivity index (χ3v) is 3.33. The zero-order valence-corrected chi connectivity index (χ0v) is 10.8. The van der Waals surface area contributed by atoms with Crippen LogP contribution in [0.3, 0.4) is 0 Å². The number of fused-ring (bicyclic) bond motifs is 1. The molecule has 0 spiro atoms. The molecule has 0 N–H and O–H groups in total. The van der Waals surface area contributed by atoms with E-state index in [0.717, 1.165) is 11.3 Å². The van der Waals surface area contributed by atoms with Gasteiger partial charge >= 0.3 is 0 Å². The van der Waals surface area contributed by atoms with E-state index in [0.29, 0.717) is 12.1 Å². The maximum Gasteiger partial charge on any atom is 0.269 e. The van der Waals surface area contributed by atoms with E-state index in [1.54, 1.807) is 4.57 Å². The van der Waals surface area contributed by atoms with Crippen molar-refractivity contribution in [3.05, 3.63) is 82.1 Å². The first-order valence-electron chi connectivity index (χ1n) is 6.37. The van der Waals surface area contributed by atoms with Crippen molar-refractivity contribution in [2.24, 2.45) is 0 Å². The van der Waals surface area contributed by atoms with Crippen LogP contribution in [0.5, 0.6) is 0 Å². The molecule has 0 atom stereocenters. The maximum atomic E-state index is 12.4. The molecule has 0 bridgehead atoms. The number of aromatic nitrogens is 1. The van der Waals surface area contributed by atoms with Crippen LogP contribution in [-0.4, -0.2) is 4.57 Å². The van der Waals surface area contributed by atoms with Gasteiger partial charge in [0.25, 0.3) is 5.56 Å². The summed E-state index contributed by atoms with van der Waals surface area (Å²) in [6.07, 6.45) is 0. The summed E-state index contributed by atoms with van der Waals surface area (Å²) in [7, 11) is 0. The summed E-state index contributed by atoms with van der Waals surface area (Å²) < 4.78 is 1.66. The zero-order valence-electron chi connectivity index (χ0n) is 10.8. The van der Waals surface area contributed by atoms with Gasteiger partial charge in [-0.25, -0.2) is 0 Å². The summed E-state index contributed by atoms with van der Waals surface area (Å²) in [6, 6.07) is 21.1. The molecule has 96 valence electrons. The number of rotatable bonds is 2. The van der Waals surface area contributed by atoms with Crippen LogP contribution in [0.25, 0.3) is 11.3 Å². The van der Waals surface area contributed by atoms with Crippen LogP contribution >= 0.6 is 0 Å². The standard InChI is InChI=1S/C17H12N2O/c18-11-15-14-9-5-2-6-10-16(14)19(17(15)20)12-13-7-3-1-4-8-13/h1-10H,12H2. The molecule has 0 saturated carbocycles. The van der Waals surface area contributed by atoms with Gasteiger partial charge in [-0.05, 0) is 11.6 Å². The molecule has 3 nitrogen and oxygen atoms in total. The second kappa shape index (κ2) is 5.02. The molecule has 0 aromatic heterocycles. The van der Waals surface area contributed by atoms with Gasteiger partial charge in [-0.15, -0.1) is 0 Å². The van der Waals surface area contributed by atoms with Gasteiger partial charge in [0.15, 0.2) is 0 Å². The first-order chi connectivity index (χ1) is 9.81. The van der Waals surface area contributed by atoms with Gasteiger partial charge < -0.3 is 4.57 Å². The molecule has 0 radical (unpaired) electrons. The van der Waals surface area contributed by atoms with E-state index in [2.05, 4.69) is 0 Å². The van der Waals surface area contributed by atoms with Crippen LogP contribution in [-0.2, 0) is 6.54 Å². The van der Waals surface area contributed by atoms with E-state index in [4.69, 9.17) is 0 Å². The summed E-state index contributed by atoms with van der Waals surface area (Å²) in [6.45, 7) is 0.474. The Bertz CT molecular complexity index is 813. The van der Waals surface area contributed by atoms with Crippen LogP contribution in [0.2, 0.25) is 0 Å². The highest BCUT2D eigenvalue weighted by Gasteiger charge is 2.19. The normalized spacial score (nSPS) is 10.3. The monoisotopic (exact) mass is 260 g/mol. The fraction of sp³-hybridized carbons (Fsp3) is 0.0588. The van der Waals surface area contributed by atoms with Crippen LogP contribution in [0.1, 0.15) is 11.1 Å². The Balaban J connectivity index is 2.21. The second-order valence-corrected chi connectivity index (χ2v) is 4.57. The molecule has 20 heavy (non-hydrogen) atoms. The van der Waals surface area contributed by atoms with Gasteiger partial charge in [-0.2, -0.15) is 5.26 Å². The molecular formula is C17H12N2O. The zero-order chi connectivity index (χ0) is 13.9. The van der Waals surface area contributed by atoms with Gasteiger partial charge in [0.1, 0.15) is 11.6 Å². The first kappa shape index (κ1) is 12.2. The highest BCUT2D eigenvalue weighted by Crippen LogP contribution is 2.23. The highest BCUT2D eigenvalue weighted by molar-refractivity contribution is 5.69. The Morgan fingerprint density at radius 2 is 1.60 bits per heavy atom. The fourth-order valence-electron chi connectivity index (χ4n) is 2.38. The Hall–Kier alpha value is -2.86. The lowest BCUT2D eigenvalue weighted by atomic mass is 10.1. The molecule has 0 unspecified atom stereocenters. The average Bonchev–Trinajstić information content (AvgIpc) is 2.64. The second-order valence-electron chi connectivity index (χ2n) is 4.57. The van der Waals surface area contributed by atoms with Crippen molar-refractivity contribution in [1.29, 1.82) is 5.26 Å². The maximum absolute atomic E-state index is 12.4. The molecule has 3 heteroatoms. The van der Waals surface area contributed by atoms with Crippen LogP contribution in [0.15, 0.2) is 65.5 Å². The van der Waals surface area contributed by atoms with Gasteiger partial charge in [0.2, 0.25) is 0 Å². The average molecular weight is 260 g/mol. The number of nitriles is 1. The lowest BCUT2D eigenvalue weighted by Gasteiger charge is -2.05. The van der Waals surface area contributed by atoms with E-state index in [1.807, 2.05) is 66.7 Å². The van der Waals surface area contributed by atoms with Crippen molar-refractivity contribution in [1.82, 2.24) is 4.57 Å². The van der Waals surface area contributed by atoms with Crippen molar-refractivity contribution in [3.8, 4) is 17.3 Å². The summed E-state index contributed by atoms with van der Waals surface area (Å²) in [5.74, 6) is 0. The molecule has 1 aliphatic carbocycles. The van der Waals surface area contributed by atoms with Crippen molar-refractivity contribution >= 4 is 0 Å². The van der Waals surface area contributed by atoms with Gasteiger partial charge in [-0.3, -0.25) is 4.79 Å². The SMILES string of the molecule is N#Cc1c2cccccc-2n(Cc2ccccc2)c1=O. The largest absolute Gasteiger partial charge is 0.303 e. The Kier molecular flexibility index (Phi) is 3.06. The van der Waals surface area contributed by atoms with Crippen LogP contribution in [0.4, 0.5) is 0 Å². The van der Waals surface area contributed by atoms with E-state index in [1.165, 1.54) is 0 Å². The molecule has 1 aromatic rings. The summed E-state index contributed by atoms with van der Waals surface area (Å²) in [5.41, 5.74) is 2.53. The molecule has 3 rings (SSSR count). The van der Waals surface area contributed by atoms with Gasteiger partial charge in [0.05, 0.1) is 12.2 Å². The van der Waals surface area contributed by atoms with Crippen LogP contribution in [0, 0.1) is 11.3 Å². The molecule has 0 saturated heterocycles. The smallest absolute Gasteiger partial charge is 0.269 e. The van der Waals surface area contributed by atoms with Gasteiger partial charge in [-0.1, -0.05) is 54.6 Å². The lowest BCUT2D eigenvalue weighted by Crippen LogP contribution is -2.17. The fourth-order valence-corrected chi connectivity index (χ4v) is 2.38. The summed E-state index contributed by atoms with van der Waals surface area (Å²) in [4.78, 5) is 12.4. The van der Waals surface area contributed by atoms with Crippen molar-refractivity contribution in [2.45, 2.75) is 6.54 Å². The number of nitrogens with zero attached hydrogens (tertiary/aromatic N) is 2. The predicted molar refractivity (Wildman–Crippen MR) is 77.6 cm³/mol. The molecule has 1 aromatic carbocycles. The van der Waals surface area contributed by atoms with Gasteiger partial charge in [0, 0.05) is 5.56 Å². The topological polar surface area (TPSA) is 45.8 Å². The van der Waals surface area contributed by atoms with E-state index < -0.39 is 0 Å².